The van der Waals surface area contributed by atoms with E-state index in [0.717, 1.165) is 6.20 Å². The summed E-state index contributed by atoms with van der Waals surface area (Å²) < 4.78 is 12.2. The molecule has 52 valence electrons. The van der Waals surface area contributed by atoms with Crippen molar-refractivity contribution in [3.8, 4) is 0 Å². The predicted octanol–water partition coefficient (Wildman–Crippen LogP) is 1.15. The quantitative estimate of drug-likeness (QED) is 0.632. The lowest BCUT2D eigenvalue weighted by molar-refractivity contribution is 0.621. The molecule has 1 aromatic rings. The average molecular weight is 138 g/mol. The first kappa shape index (κ1) is 6.74. The summed E-state index contributed by atoms with van der Waals surface area (Å²) in [6.45, 7) is 3.45. The van der Waals surface area contributed by atoms with Gasteiger partial charge in [-0.1, -0.05) is 6.58 Å². The zero-order valence-corrected chi connectivity index (χ0v) is 5.34. The van der Waals surface area contributed by atoms with Crippen LogP contribution >= 0.6 is 0 Å². The molecule has 0 aliphatic rings. The molecule has 3 heteroatoms. The van der Waals surface area contributed by atoms with Gasteiger partial charge in [0.25, 0.3) is 0 Å². The Bertz CT molecular complexity index is 240. The number of aromatic nitrogens is 1. The summed E-state index contributed by atoms with van der Waals surface area (Å²) in [5, 5.41) is 0. The molecular formula is C7H7FN2. The molecule has 0 spiro atoms. The lowest BCUT2D eigenvalue weighted by Gasteiger charge is -1.95. The first-order valence-corrected chi connectivity index (χ1v) is 2.76. The van der Waals surface area contributed by atoms with Crippen molar-refractivity contribution in [2.75, 3.05) is 0 Å². The highest BCUT2D eigenvalue weighted by molar-refractivity contribution is 5.55. The number of nitrogens with two attached hydrogens (primary N) is 1. The molecular weight excluding hydrogens is 131 g/mol. The van der Waals surface area contributed by atoms with Crippen LogP contribution in [0.15, 0.2) is 24.9 Å². The van der Waals surface area contributed by atoms with Gasteiger partial charge in [-0.3, -0.25) is 4.98 Å². The van der Waals surface area contributed by atoms with E-state index in [4.69, 9.17) is 5.73 Å². The molecule has 0 atom stereocenters. The summed E-state index contributed by atoms with van der Waals surface area (Å²) in [5.41, 5.74) is 6.15. The second-order valence-electron chi connectivity index (χ2n) is 1.89. The van der Waals surface area contributed by atoms with Crippen molar-refractivity contribution in [3.05, 3.63) is 36.4 Å². The molecule has 0 saturated carbocycles. The van der Waals surface area contributed by atoms with E-state index >= 15 is 0 Å². The average Bonchev–Trinajstić information content (AvgIpc) is 1.88. The molecule has 1 rings (SSSR count). The van der Waals surface area contributed by atoms with Gasteiger partial charge in [0, 0.05) is 0 Å². The molecule has 0 bridgehead atoms. The second-order valence-corrected chi connectivity index (χ2v) is 1.89. The van der Waals surface area contributed by atoms with Gasteiger partial charge < -0.3 is 5.73 Å². The molecule has 0 aromatic carbocycles. The Labute approximate surface area is 58.2 Å². The highest BCUT2D eigenvalue weighted by atomic mass is 19.1. The summed E-state index contributed by atoms with van der Waals surface area (Å²) in [7, 11) is 0. The Balaban J connectivity index is 3.00. The second kappa shape index (κ2) is 2.47. The van der Waals surface area contributed by atoms with E-state index < -0.39 is 0 Å². The van der Waals surface area contributed by atoms with Gasteiger partial charge in [-0.05, 0) is 12.1 Å². The molecule has 0 amide bonds. The first-order valence-electron chi connectivity index (χ1n) is 2.76. The maximum Gasteiger partial charge on any atom is 0.141 e. The van der Waals surface area contributed by atoms with Crippen LogP contribution in [0.5, 0.6) is 0 Å². The molecule has 2 nitrogen and oxygen atoms in total. The predicted molar refractivity (Wildman–Crippen MR) is 37.4 cm³/mol. The van der Waals surface area contributed by atoms with Crippen molar-refractivity contribution in [2.24, 2.45) is 5.73 Å². The summed E-state index contributed by atoms with van der Waals surface area (Å²) >= 11 is 0. The van der Waals surface area contributed by atoms with Crippen molar-refractivity contribution < 1.29 is 4.39 Å². The van der Waals surface area contributed by atoms with Gasteiger partial charge in [-0.2, -0.15) is 0 Å². The van der Waals surface area contributed by atoms with Crippen molar-refractivity contribution in [1.82, 2.24) is 4.98 Å². The zero-order chi connectivity index (χ0) is 7.56. The smallest absolute Gasteiger partial charge is 0.141 e. The van der Waals surface area contributed by atoms with E-state index in [9.17, 15) is 4.39 Å². The van der Waals surface area contributed by atoms with Crippen LogP contribution in [0, 0.1) is 5.82 Å². The van der Waals surface area contributed by atoms with Crippen molar-refractivity contribution in [2.45, 2.75) is 0 Å². The minimum Gasteiger partial charge on any atom is -0.397 e. The van der Waals surface area contributed by atoms with Crippen LogP contribution in [0.3, 0.4) is 0 Å². The van der Waals surface area contributed by atoms with E-state index in [-0.39, 0.29) is 5.82 Å². The molecule has 2 N–H and O–H groups in total. The topological polar surface area (TPSA) is 38.9 Å². The molecule has 10 heavy (non-hydrogen) atoms. The Morgan fingerprint density at radius 3 is 2.70 bits per heavy atom. The van der Waals surface area contributed by atoms with Crippen LogP contribution in [-0.2, 0) is 0 Å². The Hall–Kier alpha value is -1.38. The van der Waals surface area contributed by atoms with Gasteiger partial charge in [0.2, 0.25) is 0 Å². The highest BCUT2D eigenvalue weighted by Crippen LogP contribution is 2.02. The molecule has 0 saturated heterocycles. The molecule has 0 aliphatic carbocycles. The van der Waals surface area contributed by atoms with Gasteiger partial charge in [0.15, 0.2) is 0 Å². The van der Waals surface area contributed by atoms with Gasteiger partial charge in [0.1, 0.15) is 5.82 Å². The summed E-state index contributed by atoms with van der Waals surface area (Å²) in [6, 6.07) is 2.78. The van der Waals surface area contributed by atoms with Gasteiger partial charge >= 0.3 is 0 Å². The number of nitrogens with zero attached hydrogens (tertiary/aromatic N) is 1. The van der Waals surface area contributed by atoms with Gasteiger partial charge in [-0.15, -0.1) is 0 Å². The largest absolute Gasteiger partial charge is 0.397 e. The van der Waals surface area contributed by atoms with Crippen LogP contribution in [-0.4, -0.2) is 4.98 Å². The summed E-state index contributed by atoms with van der Waals surface area (Å²) in [5.74, 6) is -0.370. The van der Waals surface area contributed by atoms with E-state index in [2.05, 4.69) is 11.6 Å². The standard InChI is InChI=1S/C7H7FN2/c1-5(9)7-3-2-6(8)4-10-7/h2-4H,1,9H2. The summed E-state index contributed by atoms with van der Waals surface area (Å²) in [6.07, 6.45) is 1.10. The maximum atomic E-state index is 12.2. The number of hydrogen-bond donors (Lipinski definition) is 1. The Kier molecular flexibility index (Phi) is 1.67. The lowest BCUT2D eigenvalue weighted by atomic mass is 10.3. The fraction of sp³-hybridized carbons (Fsp3) is 0. The van der Waals surface area contributed by atoms with E-state index in [1.807, 2.05) is 0 Å². The molecule has 0 aliphatic heterocycles. The van der Waals surface area contributed by atoms with E-state index in [0.29, 0.717) is 11.4 Å². The van der Waals surface area contributed by atoms with Gasteiger partial charge in [0.05, 0.1) is 17.6 Å². The van der Waals surface area contributed by atoms with Crippen molar-refractivity contribution >= 4 is 5.70 Å². The Morgan fingerprint density at radius 2 is 2.30 bits per heavy atom. The molecule has 1 aromatic heterocycles. The van der Waals surface area contributed by atoms with Crippen LogP contribution in [0.2, 0.25) is 0 Å². The molecule has 0 fully saturated rings. The molecule has 0 radical (unpaired) electrons. The third kappa shape index (κ3) is 1.31. The number of rotatable bonds is 1. The fourth-order valence-corrected chi connectivity index (χ4v) is 0.566. The van der Waals surface area contributed by atoms with Crippen LogP contribution in [0.4, 0.5) is 4.39 Å². The lowest BCUT2D eigenvalue weighted by Crippen LogP contribution is -1.96. The van der Waals surface area contributed by atoms with E-state index in [1.54, 1.807) is 0 Å². The highest BCUT2D eigenvalue weighted by Gasteiger charge is 1.93. The van der Waals surface area contributed by atoms with Crippen LogP contribution < -0.4 is 5.73 Å². The van der Waals surface area contributed by atoms with Crippen molar-refractivity contribution in [1.29, 1.82) is 0 Å². The van der Waals surface area contributed by atoms with E-state index in [1.165, 1.54) is 12.1 Å². The third-order valence-corrected chi connectivity index (χ3v) is 1.06. The van der Waals surface area contributed by atoms with Gasteiger partial charge in [-0.25, -0.2) is 4.39 Å². The zero-order valence-electron chi connectivity index (χ0n) is 5.34. The third-order valence-electron chi connectivity index (χ3n) is 1.06. The SMILES string of the molecule is C=C(N)c1ccc(F)cn1. The number of pyridine rings is 1. The summed E-state index contributed by atoms with van der Waals surface area (Å²) in [4.78, 5) is 3.68. The maximum absolute atomic E-state index is 12.2. The fourth-order valence-electron chi connectivity index (χ4n) is 0.566. The minimum absolute atomic E-state index is 0.347. The number of halogens is 1. The first-order chi connectivity index (χ1) is 4.70. The minimum atomic E-state index is -0.370. The van der Waals surface area contributed by atoms with Crippen LogP contribution in [0.25, 0.3) is 5.70 Å². The normalized spacial score (nSPS) is 9.30. The number of hydrogen-bond acceptors (Lipinski definition) is 2. The van der Waals surface area contributed by atoms with Crippen LogP contribution in [0.1, 0.15) is 5.69 Å². The molecule has 1 heterocycles. The Morgan fingerprint density at radius 1 is 1.60 bits per heavy atom. The monoisotopic (exact) mass is 138 g/mol. The molecule has 0 unspecified atom stereocenters. The van der Waals surface area contributed by atoms with Crippen molar-refractivity contribution in [3.63, 3.8) is 0 Å².